The minimum atomic E-state index is -0.764. The third-order valence-electron chi connectivity index (χ3n) is 11.2. The van der Waals surface area contributed by atoms with Crippen LogP contribution in [0.1, 0.15) is 79.7 Å². The maximum Gasteiger partial charge on any atom is 0.269 e. The molecule has 0 aromatic heterocycles. The number of hydrogen-bond acceptors (Lipinski definition) is 9. The predicted molar refractivity (Wildman–Crippen MR) is 210 cm³/mol. The summed E-state index contributed by atoms with van der Waals surface area (Å²) in [6.45, 7) is 14.6. The van der Waals surface area contributed by atoms with Crippen molar-refractivity contribution in [3.63, 3.8) is 0 Å². The van der Waals surface area contributed by atoms with E-state index in [9.17, 15) is 29.3 Å². The summed E-state index contributed by atoms with van der Waals surface area (Å²) in [6, 6.07) is 4.37. The van der Waals surface area contributed by atoms with Crippen LogP contribution in [-0.2, 0) is 35.1 Å². The zero-order valence-electron chi connectivity index (χ0n) is 35.0. The fraction of sp³-hybridized carbons (Fsp3) is 0.750. The van der Waals surface area contributed by atoms with Crippen LogP contribution in [0.4, 0.5) is 5.69 Å². The van der Waals surface area contributed by atoms with Crippen LogP contribution in [0, 0.1) is 33.8 Å². The molecular formula is C40H68N6O8. The van der Waals surface area contributed by atoms with Gasteiger partial charge in [-0.25, -0.2) is 0 Å². The lowest BCUT2D eigenvalue weighted by molar-refractivity contribution is -0.384. The second-order valence-corrected chi connectivity index (χ2v) is 15.9. The van der Waals surface area contributed by atoms with E-state index in [0.29, 0.717) is 25.9 Å². The van der Waals surface area contributed by atoms with Crippen molar-refractivity contribution in [1.29, 1.82) is 0 Å². The molecule has 0 unspecified atom stereocenters. The molecule has 1 aliphatic rings. The summed E-state index contributed by atoms with van der Waals surface area (Å²) >= 11 is 0. The van der Waals surface area contributed by atoms with Gasteiger partial charge in [0, 0.05) is 53.5 Å². The molecule has 1 aliphatic heterocycles. The number of likely N-dealkylation sites (N-methyl/N-ethyl adjacent to an activating group) is 3. The summed E-state index contributed by atoms with van der Waals surface area (Å²) in [5.74, 6) is -1.39. The number of nitrogens with one attached hydrogen (secondary N) is 1. The van der Waals surface area contributed by atoms with Crippen LogP contribution in [0.5, 0.6) is 0 Å². The number of nitro benzene ring substituents is 1. The maximum absolute atomic E-state index is 14.2. The van der Waals surface area contributed by atoms with E-state index in [2.05, 4.69) is 5.32 Å². The zero-order valence-corrected chi connectivity index (χ0v) is 35.0. The molecule has 1 fully saturated rings. The Morgan fingerprint density at radius 1 is 0.944 bits per heavy atom. The molecule has 14 nitrogen and oxygen atoms in total. The molecule has 0 radical (unpaired) electrons. The molecule has 4 amide bonds. The summed E-state index contributed by atoms with van der Waals surface area (Å²) in [6.07, 6.45) is 1.57. The number of rotatable bonds is 21. The largest absolute Gasteiger partial charge is 0.379 e. The number of methoxy groups -OCH3 is 2. The lowest BCUT2D eigenvalue weighted by atomic mass is 9.89. The number of carbonyl (C=O) groups is 4. The predicted octanol–water partition coefficient (Wildman–Crippen LogP) is 4.24. The Morgan fingerprint density at radius 3 is 2.04 bits per heavy atom. The third kappa shape index (κ3) is 11.9. The lowest BCUT2D eigenvalue weighted by Crippen LogP contribution is -2.59. The van der Waals surface area contributed by atoms with Crippen molar-refractivity contribution in [2.24, 2.45) is 23.7 Å². The quantitative estimate of drug-likeness (QED) is 0.143. The van der Waals surface area contributed by atoms with Gasteiger partial charge in [-0.2, -0.15) is 0 Å². The molecule has 1 N–H and O–H groups in total. The number of nitro groups is 1. The van der Waals surface area contributed by atoms with E-state index in [0.717, 1.165) is 18.4 Å². The van der Waals surface area contributed by atoms with Crippen molar-refractivity contribution in [1.82, 2.24) is 24.9 Å². The summed E-state index contributed by atoms with van der Waals surface area (Å²) in [5, 5.41) is 14.0. The maximum atomic E-state index is 14.2. The number of ether oxygens (including phenoxy) is 2. The molecule has 0 aliphatic carbocycles. The first-order valence-corrected chi connectivity index (χ1v) is 19.4. The van der Waals surface area contributed by atoms with Crippen LogP contribution in [0.2, 0.25) is 0 Å². The average Bonchev–Trinajstić information content (AvgIpc) is 3.61. The van der Waals surface area contributed by atoms with Crippen LogP contribution < -0.4 is 5.32 Å². The molecule has 0 saturated carbocycles. The Labute approximate surface area is 323 Å². The first kappa shape index (κ1) is 46.5. The van der Waals surface area contributed by atoms with Gasteiger partial charge < -0.3 is 29.5 Å². The van der Waals surface area contributed by atoms with E-state index in [4.69, 9.17) is 9.47 Å². The van der Waals surface area contributed by atoms with Gasteiger partial charge in [-0.3, -0.25) is 34.2 Å². The normalized spacial score (nSPS) is 18.5. The molecule has 54 heavy (non-hydrogen) atoms. The van der Waals surface area contributed by atoms with Gasteiger partial charge in [0.1, 0.15) is 6.04 Å². The standard InChI is InChI=1S/C40H68N6O8/c1-14-27(6)36(44(11)40(50)34(25(2)3)41-38(48)35(26(4)5)42(8)9)32(53-12)24-33(47)45-22-15-16-31(45)37(54-13)28(7)39(49)43(10)23-21-29-17-19-30(20-18-29)46(51)52/h17-20,25-28,31-32,34-37H,14-16,21-24H2,1-13H3,(H,41,48)/t27-,28+,31-,32+,34-,35-,36-,37+/m0/s1. The molecule has 0 spiro atoms. The number of carbonyl (C=O) groups excluding carboxylic acids is 4. The molecule has 2 rings (SSSR count). The monoisotopic (exact) mass is 761 g/mol. The van der Waals surface area contributed by atoms with Crippen molar-refractivity contribution < 1.29 is 33.6 Å². The van der Waals surface area contributed by atoms with Gasteiger partial charge in [-0.15, -0.1) is 0 Å². The van der Waals surface area contributed by atoms with Gasteiger partial charge in [0.2, 0.25) is 23.6 Å². The Hall–Kier alpha value is -3.62. The zero-order chi connectivity index (χ0) is 41.0. The fourth-order valence-electron chi connectivity index (χ4n) is 7.94. The summed E-state index contributed by atoms with van der Waals surface area (Å²) in [5.41, 5.74) is 0.900. The molecule has 1 aromatic rings. The molecular weight excluding hydrogens is 692 g/mol. The SMILES string of the molecule is CC[C@H](C)[C@@H]([C@@H](CC(=O)N1CCC[C@H]1[C@H](OC)[C@@H](C)C(=O)N(C)CCc1ccc([N+](=O)[O-])cc1)OC)N(C)C(=O)[C@@H](NC(=O)[C@H](C(C)C)N(C)C)C(C)C. The van der Waals surface area contributed by atoms with Gasteiger partial charge in [-0.1, -0.05) is 67.0 Å². The number of likely N-dealkylation sites (tertiary alicyclic amines) is 1. The molecule has 1 saturated heterocycles. The molecule has 1 heterocycles. The fourth-order valence-corrected chi connectivity index (χ4v) is 7.94. The van der Waals surface area contributed by atoms with E-state index in [-0.39, 0.29) is 59.5 Å². The number of nitrogens with zero attached hydrogens (tertiary/aromatic N) is 5. The Kier molecular flexibility index (Phi) is 18.5. The third-order valence-corrected chi connectivity index (χ3v) is 11.2. The van der Waals surface area contributed by atoms with Gasteiger partial charge in [0.25, 0.3) is 5.69 Å². The summed E-state index contributed by atoms with van der Waals surface area (Å²) < 4.78 is 12.0. The van der Waals surface area contributed by atoms with Crippen molar-refractivity contribution in [2.45, 2.75) is 117 Å². The van der Waals surface area contributed by atoms with Gasteiger partial charge in [0.05, 0.1) is 47.6 Å². The second-order valence-electron chi connectivity index (χ2n) is 15.9. The first-order valence-electron chi connectivity index (χ1n) is 19.4. The van der Waals surface area contributed by atoms with Crippen LogP contribution in [0.15, 0.2) is 24.3 Å². The van der Waals surface area contributed by atoms with Crippen molar-refractivity contribution in [3.05, 3.63) is 39.9 Å². The van der Waals surface area contributed by atoms with Gasteiger partial charge in [-0.05, 0) is 56.7 Å². The van der Waals surface area contributed by atoms with Crippen molar-refractivity contribution in [2.75, 3.05) is 55.5 Å². The minimum Gasteiger partial charge on any atom is -0.379 e. The Morgan fingerprint density at radius 2 is 1.56 bits per heavy atom. The molecule has 8 atom stereocenters. The van der Waals surface area contributed by atoms with Crippen molar-refractivity contribution >= 4 is 29.3 Å². The average molecular weight is 761 g/mol. The highest BCUT2D eigenvalue weighted by Gasteiger charge is 2.43. The van der Waals surface area contributed by atoms with Gasteiger partial charge in [0.15, 0.2) is 0 Å². The Balaban J connectivity index is 2.23. The smallest absolute Gasteiger partial charge is 0.269 e. The second kappa shape index (κ2) is 21.5. The number of benzene rings is 1. The van der Waals surface area contributed by atoms with E-state index in [1.165, 1.54) is 12.1 Å². The van der Waals surface area contributed by atoms with Crippen molar-refractivity contribution in [3.8, 4) is 0 Å². The van der Waals surface area contributed by atoms with E-state index in [1.54, 1.807) is 55.1 Å². The highest BCUT2D eigenvalue weighted by molar-refractivity contribution is 5.90. The Bertz CT molecular complexity index is 1380. The van der Waals surface area contributed by atoms with Crippen LogP contribution in [0.3, 0.4) is 0 Å². The van der Waals surface area contributed by atoms with E-state index < -0.39 is 41.2 Å². The number of non-ortho nitro benzene ring substituents is 1. The number of amides is 4. The topological polar surface area (TPSA) is 155 Å². The molecule has 306 valence electrons. The number of hydrogen-bond donors (Lipinski definition) is 1. The molecule has 1 aromatic carbocycles. The highest BCUT2D eigenvalue weighted by atomic mass is 16.6. The van der Waals surface area contributed by atoms with Crippen LogP contribution >= 0.6 is 0 Å². The highest BCUT2D eigenvalue weighted by Crippen LogP contribution is 2.30. The van der Waals surface area contributed by atoms with E-state index >= 15 is 0 Å². The first-order chi connectivity index (χ1) is 25.3. The molecule has 0 bridgehead atoms. The van der Waals surface area contributed by atoms with Crippen LogP contribution in [-0.4, -0.2) is 140 Å². The molecule has 14 heteroatoms. The van der Waals surface area contributed by atoms with E-state index in [1.807, 2.05) is 67.5 Å². The summed E-state index contributed by atoms with van der Waals surface area (Å²) in [7, 11) is 10.3. The van der Waals surface area contributed by atoms with Gasteiger partial charge >= 0.3 is 0 Å². The lowest BCUT2D eigenvalue weighted by Gasteiger charge is -2.41. The van der Waals surface area contributed by atoms with Crippen LogP contribution in [0.25, 0.3) is 0 Å². The minimum absolute atomic E-state index is 0.0175. The summed E-state index contributed by atoms with van der Waals surface area (Å²) in [4.78, 5) is 73.0.